The fourth-order valence-electron chi connectivity index (χ4n) is 1.89. The van der Waals surface area contributed by atoms with Crippen molar-refractivity contribution in [1.82, 2.24) is 4.98 Å². The Labute approximate surface area is 89.2 Å². The minimum atomic E-state index is -0.225. The van der Waals surface area contributed by atoms with E-state index in [1.165, 1.54) is 5.56 Å². The van der Waals surface area contributed by atoms with E-state index in [1.54, 1.807) is 26.6 Å². The highest BCUT2D eigenvalue weighted by atomic mass is 16.8. The van der Waals surface area contributed by atoms with Crippen LogP contribution in [0.5, 0.6) is 0 Å². The molecule has 0 amide bonds. The largest absolute Gasteiger partial charge is 0.356 e. The summed E-state index contributed by atoms with van der Waals surface area (Å²) in [5, 5.41) is 0. The smallest absolute Gasteiger partial charge is 0.167 e. The van der Waals surface area contributed by atoms with E-state index in [9.17, 15) is 0 Å². The monoisotopic (exact) mass is 209 g/mol. The maximum absolute atomic E-state index is 5.56. The van der Waals surface area contributed by atoms with Gasteiger partial charge in [0.25, 0.3) is 0 Å². The zero-order valence-electron chi connectivity index (χ0n) is 8.92. The third-order valence-corrected chi connectivity index (χ3v) is 2.69. The van der Waals surface area contributed by atoms with Crippen LogP contribution in [0.3, 0.4) is 0 Å². The molecule has 2 heterocycles. The van der Waals surface area contributed by atoms with Crippen LogP contribution in [0.4, 0.5) is 0 Å². The third kappa shape index (κ3) is 2.17. The van der Waals surface area contributed by atoms with Crippen molar-refractivity contribution in [3.05, 3.63) is 30.1 Å². The Bertz CT molecular complexity index is 304. The van der Waals surface area contributed by atoms with Crippen LogP contribution >= 0.6 is 0 Å². The predicted molar refractivity (Wildman–Crippen MR) is 54.3 cm³/mol. The first-order valence-corrected chi connectivity index (χ1v) is 4.96. The van der Waals surface area contributed by atoms with Crippen molar-refractivity contribution in [2.24, 2.45) is 0 Å². The molecule has 3 atom stereocenters. The van der Waals surface area contributed by atoms with Crippen molar-refractivity contribution in [2.45, 2.75) is 24.9 Å². The normalized spacial score (nSPS) is 30.7. The summed E-state index contributed by atoms with van der Waals surface area (Å²) in [5.74, 6) is 0.225. The van der Waals surface area contributed by atoms with Gasteiger partial charge in [0.1, 0.15) is 0 Å². The van der Waals surface area contributed by atoms with Gasteiger partial charge in [0.15, 0.2) is 12.6 Å². The van der Waals surface area contributed by atoms with E-state index in [0.717, 1.165) is 6.42 Å². The van der Waals surface area contributed by atoms with E-state index in [-0.39, 0.29) is 18.5 Å². The van der Waals surface area contributed by atoms with Crippen LogP contribution in [0.15, 0.2) is 24.5 Å². The maximum atomic E-state index is 5.56. The molecule has 15 heavy (non-hydrogen) atoms. The molecule has 0 spiro atoms. The molecule has 82 valence electrons. The van der Waals surface area contributed by atoms with Gasteiger partial charge in [-0.2, -0.15) is 0 Å². The average Bonchev–Trinajstić information content (AvgIpc) is 2.73. The Morgan fingerprint density at radius 1 is 1.27 bits per heavy atom. The Kier molecular flexibility index (Phi) is 3.30. The summed E-state index contributed by atoms with van der Waals surface area (Å²) in [5.41, 5.74) is 1.18. The highest BCUT2D eigenvalue weighted by Gasteiger charge is 2.36. The average molecular weight is 209 g/mol. The molecule has 4 heteroatoms. The fourth-order valence-corrected chi connectivity index (χ4v) is 1.89. The first kappa shape index (κ1) is 10.5. The zero-order chi connectivity index (χ0) is 10.7. The molecule has 1 aliphatic rings. The molecule has 0 bridgehead atoms. The number of aromatic nitrogens is 1. The van der Waals surface area contributed by atoms with Gasteiger partial charge in [-0.15, -0.1) is 0 Å². The van der Waals surface area contributed by atoms with Crippen LogP contribution in [-0.2, 0) is 14.2 Å². The van der Waals surface area contributed by atoms with Gasteiger partial charge in [0.05, 0.1) is 0 Å². The SMILES string of the molecule is COC1CC(c2ccncc2)C(OC)O1. The van der Waals surface area contributed by atoms with Crippen LogP contribution in [0.2, 0.25) is 0 Å². The minimum Gasteiger partial charge on any atom is -0.356 e. The van der Waals surface area contributed by atoms with E-state index < -0.39 is 0 Å². The lowest BCUT2D eigenvalue weighted by Crippen LogP contribution is -2.17. The number of nitrogens with zero attached hydrogens (tertiary/aromatic N) is 1. The second-order valence-corrected chi connectivity index (χ2v) is 3.53. The summed E-state index contributed by atoms with van der Waals surface area (Å²) >= 11 is 0. The van der Waals surface area contributed by atoms with Crippen molar-refractivity contribution in [2.75, 3.05) is 14.2 Å². The molecular weight excluding hydrogens is 194 g/mol. The Morgan fingerprint density at radius 2 is 2.00 bits per heavy atom. The molecule has 1 aliphatic heterocycles. The van der Waals surface area contributed by atoms with Crippen LogP contribution in [0, 0.1) is 0 Å². The Morgan fingerprint density at radius 3 is 2.60 bits per heavy atom. The van der Waals surface area contributed by atoms with Gasteiger partial charge in [-0.3, -0.25) is 4.98 Å². The van der Waals surface area contributed by atoms with Gasteiger partial charge in [-0.25, -0.2) is 0 Å². The van der Waals surface area contributed by atoms with E-state index in [4.69, 9.17) is 14.2 Å². The second kappa shape index (κ2) is 4.70. The summed E-state index contributed by atoms with van der Waals surface area (Å²) in [6.07, 6.45) is 3.98. The fraction of sp³-hybridized carbons (Fsp3) is 0.545. The number of rotatable bonds is 3. The zero-order valence-corrected chi connectivity index (χ0v) is 8.92. The predicted octanol–water partition coefficient (Wildman–Crippen LogP) is 1.53. The van der Waals surface area contributed by atoms with Gasteiger partial charge in [-0.05, 0) is 17.7 Å². The van der Waals surface area contributed by atoms with Crippen LogP contribution in [0.1, 0.15) is 17.9 Å². The molecule has 1 aromatic rings. The molecule has 2 rings (SSSR count). The van der Waals surface area contributed by atoms with E-state index in [0.29, 0.717) is 0 Å². The number of pyridine rings is 1. The standard InChI is InChI=1S/C11H15NO3/c1-13-10-7-9(11(14-2)15-10)8-3-5-12-6-4-8/h3-6,9-11H,7H2,1-2H3. The van der Waals surface area contributed by atoms with Crippen LogP contribution in [0.25, 0.3) is 0 Å². The summed E-state index contributed by atoms with van der Waals surface area (Å²) in [7, 11) is 3.29. The van der Waals surface area contributed by atoms with Gasteiger partial charge in [0.2, 0.25) is 0 Å². The van der Waals surface area contributed by atoms with Gasteiger partial charge >= 0.3 is 0 Å². The first-order valence-electron chi connectivity index (χ1n) is 4.96. The van der Waals surface area contributed by atoms with Crippen molar-refractivity contribution < 1.29 is 14.2 Å². The number of methoxy groups -OCH3 is 2. The lowest BCUT2D eigenvalue weighted by Gasteiger charge is -2.16. The minimum absolute atomic E-state index is 0.173. The van der Waals surface area contributed by atoms with Crippen molar-refractivity contribution in [3.8, 4) is 0 Å². The van der Waals surface area contributed by atoms with E-state index in [2.05, 4.69) is 4.98 Å². The molecule has 1 aromatic heterocycles. The molecule has 0 aromatic carbocycles. The quantitative estimate of drug-likeness (QED) is 0.757. The van der Waals surface area contributed by atoms with Gasteiger partial charge < -0.3 is 14.2 Å². The molecule has 0 saturated carbocycles. The number of hydrogen-bond acceptors (Lipinski definition) is 4. The maximum Gasteiger partial charge on any atom is 0.167 e. The highest BCUT2D eigenvalue weighted by molar-refractivity contribution is 5.17. The van der Waals surface area contributed by atoms with Gasteiger partial charge in [-0.1, -0.05) is 0 Å². The first-order chi connectivity index (χ1) is 7.35. The van der Waals surface area contributed by atoms with E-state index >= 15 is 0 Å². The molecule has 3 unspecified atom stereocenters. The summed E-state index contributed by atoms with van der Waals surface area (Å²) in [6, 6.07) is 3.97. The lowest BCUT2D eigenvalue weighted by atomic mass is 9.98. The second-order valence-electron chi connectivity index (χ2n) is 3.53. The molecule has 1 saturated heterocycles. The van der Waals surface area contributed by atoms with Gasteiger partial charge in [0, 0.05) is 39.0 Å². The summed E-state index contributed by atoms with van der Waals surface area (Å²) < 4.78 is 16.0. The van der Waals surface area contributed by atoms with Crippen molar-refractivity contribution in [1.29, 1.82) is 0 Å². The molecule has 0 aliphatic carbocycles. The summed E-state index contributed by atoms with van der Waals surface area (Å²) in [6.45, 7) is 0. The van der Waals surface area contributed by atoms with E-state index in [1.807, 2.05) is 12.1 Å². The van der Waals surface area contributed by atoms with Crippen LogP contribution in [-0.4, -0.2) is 31.8 Å². The molecule has 0 radical (unpaired) electrons. The Balaban J connectivity index is 2.14. The molecule has 0 N–H and O–H groups in total. The van der Waals surface area contributed by atoms with Crippen molar-refractivity contribution in [3.63, 3.8) is 0 Å². The number of ether oxygens (including phenoxy) is 3. The third-order valence-electron chi connectivity index (χ3n) is 2.69. The highest BCUT2D eigenvalue weighted by Crippen LogP contribution is 2.35. The molecular formula is C11H15NO3. The molecule has 1 fully saturated rings. The molecule has 4 nitrogen and oxygen atoms in total. The van der Waals surface area contributed by atoms with Crippen molar-refractivity contribution >= 4 is 0 Å². The summed E-state index contributed by atoms with van der Waals surface area (Å²) in [4.78, 5) is 3.99. The Hall–Kier alpha value is -0.970. The topological polar surface area (TPSA) is 40.6 Å². The van der Waals surface area contributed by atoms with Crippen LogP contribution < -0.4 is 0 Å². The lowest BCUT2D eigenvalue weighted by molar-refractivity contribution is -0.188. The number of hydrogen-bond donors (Lipinski definition) is 0.